The topological polar surface area (TPSA) is 55.4 Å². The molecule has 0 aromatic heterocycles. The Morgan fingerprint density at radius 3 is 2.55 bits per heavy atom. The maximum absolute atomic E-state index is 13.2. The Balaban J connectivity index is 1.58. The lowest BCUT2D eigenvalue weighted by atomic mass is 9.96. The van der Waals surface area contributed by atoms with Crippen LogP contribution in [-0.2, 0) is 21.5 Å². The van der Waals surface area contributed by atoms with Crippen molar-refractivity contribution in [2.45, 2.75) is 38.1 Å². The molecule has 1 aliphatic rings. The molecule has 0 radical (unpaired) electrons. The van der Waals surface area contributed by atoms with Gasteiger partial charge in [-0.1, -0.05) is 54.6 Å². The molecule has 0 spiro atoms. The van der Waals surface area contributed by atoms with Crippen LogP contribution >= 0.6 is 0 Å². The maximum Gasteiger partial charge on any atom is 0.305 e. The van der Waals surface area contributed by atoms with Gasteiger partial charge in [-0.05, 0) is 59.7 Å². The predicted octanol–water partition coefficient (Wildman–Crippen LogP) is 4.67. The zero-order valence-electron chi connectivity index (χ0n) is 16.8. The van der Waals surface area contributed by atoms with Crippen LogP contribution < -0.4 is 5.32 Å². The quantitative estimate of drug-likeness (QED) is 0.625. The van der Waals surface area contributed by atoms with Gasteiger partial charge in [-0.3, -0.25) is 9.59 Å². The number of benzene rings is 3. The third-order valence-corrected chi connectivity index (χ3v) is 5.80. The Bertz CT molecular complexity index is 1080. The fourth-order valence-electron chi connectivity index (χ4n) is 3.93. The van der Waals surface area contributed by atoms with Crippen molar-refractivity contribution in [2.75, 3.05) is 7.11 Å². The van der Waals surface area contributed by atoms with Gasteiger partial charge in [0.25, 0.3) is 5.91 Å². The Morgan fingerprint density at radius 2 is 1.79 bits per heavy atom. The second-order valence-electron chi connectivity index (χ2n) is 7.79. The minimum atomic E-state index is -0.299. The van der Waals surface area contributed by atoms with Crippen molar-refractivity contribution in [1.82, 2.24) is 5.32 Å². The number of nitrogens with one attached hydrogen (secondary N) is 1. The molecule has 1 saturated carbocycles. The molecule has 1 N–H and O–H groups in total. The van der Waals surface area contributed by atoms with Gasteiger partial charge in [0.05, 0.1) is 12.6 Å². The molecular formula is C25H25NO3. The van der Waals surface area contributed by atoms with Crippen molar-refractivity contribution in [3.8, 4) is 0 Å². The maximum atomic E-state index is 13.2. The normalized spacial score (nSPS) is 14.4. The van der Waals surface area contributed by atoms with E-state index in [1.807, 2.05) is 37.3 Å². The largest absolute Gasteiger partial charge is 0.469 e. The third-order valence-electron chi connectivity index (χ3n) is 5.80. The fourth-order valence-corrected chi connectivity index (χ4v) is 3.93. The monoisotopic (exact) mass is 387 g/mol. The minimum absolute atomic E-state index is 0.0622. The lowest BCUT2D eigenvalue weighted by Crippen LogP contribution is -2.35. The molecule has 1 amide bonds. The number of carbonyl (C=O) groups is 2. The highest BCUT2D eigenvalue weighted by molar-refractivity contribution is 5.97. The van der Waals surface area contributed by atoms with E-state index in [9.17, 15) is 9.59 Å². The number of rotatable bonds is 6. The van der Waals surface area contributed by atoms with Crippen molar-refractivity contribution in [2.24, 2.45) is 0 Å². The van der Waals surface area contributed by atoms with E-state index in [0.717, 1.165) is 24.0 Å². The zero-order chi connectivity index (χ0) is 20.4. The number of methoxy groups -OCH3 is 1. The van der Waals surface area contributed by atoms with E-state index in [1.165, 1.54) is 23.4 Å². The van der Waals surface area contributed by atoms with Crippen LogP contribution in [0.5, 0.6) is 0 Å². The van der Waals surface area contributed by atoms with E-state index in [2.05, 4.69) is 35.6 Å². The van der Waals surface area contributed by atoms with E-state index in [0.29, 0.717) is 18.4 Å². The molecule has 1 aliphatic carbocycles. The van der Waals surface area contributed by atoms with Gasteiger partial charge in [-0.15, -0.1) is 0 Å². The highest BCUT2D eigenvalue weighted by atomic mass is 16.5. The summed E-state index contributed by atoms with van der Waals surface area (Å²) in [5.74, 6) is -0.308. The number of aryl methyl sites for hydroxylation is 2. The van der Waals surface area contributed by atoms with Crippen molar-refractivity contribution in [3.05, 3.63) is 82.9 Å². The van der Waals surface area contributed by atoms with Gasteiger partial charge in [-0.2, -0.15) is 0 Å². The van der Waals surface area contributed by atoms with Gasteiger partial charge in [0.2, 0.25) is 0 Å². The molecule has 0 atom stereocenters. The number of carbonyl (C=O) groups excluding carboxylic acids is 2. The van der Waals surface area contributed by atoms with Crippen molar-refractivity contribution in [1.29, 1.82) is 0 Å². The Hall–Kier alpha value is -3.14. The first-order valence-corrected chi connectivity index (χ1v) is 9.99. The summed E-state index contributed by atoms with van der Waals surface area (Å²) in [4.78, 5) is 24.6. The molecule has 4 heteroatoms. The van der Waals surface area contributed by atoms with Crippen molar-refractivity contribution >= 4 is 22.6 Å². The molecular weight excluding hydrogens is 362 g/mol. The van der Waals surface area contributed by atoms with Gasteiger partial charge in [0.1, 0.15) is 0 Å². The number of hydrogen-bond acceptors (Lipinski definition) is 3. The Morgan fingerprint density at radius 1 is 1.03 bits per heavy atom. The molecule has 0 heterocycles. The van der Waals surface area contributed by atoms with Gasteiger partial charge < -0.3 is 10.1 Å². The van der Waals surface area contributed by atoms with Gasteiger partial charge in [0, 0.05) is 12.0 Å². The highest BCUT2D eigenvalue weighted by Gasteiger charge is 2.46. The smallest absolute Gasteiger partial charge is 0.305 e. The number of fused-ring (bicyclic) bond motifs is 1. The summed E-state index contributed by atoms with van der Waals surface area (Å²) in [7, 11) is 1.39. The first kappa shape index (κ1) is 19.2. The van der Waals surface area contributed by atoms with E-state index in [1.54, 1.807) is 0 Å². The molecule has 3 aromatic carbocycles. The van der Waals surface area contributed by atoms with Gasteiger partial charge in [-0.25, -0.2) is 0 Å². The van der Waals surface area contributed by atoms with E-state index < -0.39 is 0 Å². The summed E-state index contributed by atoms with van der Waals surface area (Å²) in [5.41, 5.74) is 3.44. The number of esters is 1. The van der Waals surface area contributed by atoms with Crippen LogP contribution in [0.2, 0.25) is 0 Å². The lowest BCUT2D eigenvalue weighted by molar-refractivity contribution is -0.140. The minimum Gasteiger partial charge on any atom is -0.469 e. The van der Waals surface area contributed by atoms with Crippen molar-refractivity contribution in [3.63, 3.8) is 0 Å². The Labute approximate surface area is 170 Å². The molecule has 148 valence electrons. The predicted molar refractivity (Wildman–Crippen MR) is 114 cm³/mol. The van der Waals surface area contributed by atoms with Crippen LogP contribution in [0.4, 0.5) is 0 Å². The standard InChI is InChI=1S/C25H25NO3/c1-17-10-11-18(12-13-23(27)29-2)16-21(17)24(28)26-25(14-15-25)22-9-5-7-19-6-3-4-8-20(19)22/h3-11,16H,12-15H2,1-2H3,(H,26,28). The molecule has 4 rings (SSSR count). The molecule has 0 aliphatic heterocycles. The zero-order valence-corrected chi connectivity index (χ0v) is 16.8. The fraction of sp³-hybridized carbons (Fsp3) is 0.280. The molecule has 0 saturated heterocycles. The molecule has 3 aromatic rings. The third kappa shape index (κ3) is 3.88. The second-order valence-corrected chi connectivity index (χ2v) is 7.79. The SMILES string of the molecule is COC(=O)CCc1ccc(C)c(C(=O)NC2(c3cccc4ccccc34)CC2)c1. The molecule has 4 nitrogen and oxygen atoms in total. The van der Waals surface area contributed by atoms with Crippen LogP contribution in [0.1, 0.15) is 46.3 Å². The highest BCUT2D eigenvalue weighted by Crippen LogP contribution is 2.48. The summed E-state index contributed by atoms with van der Waals surface area (Å²) in [6.45, 7) is 1.94. The molecule has 1 fully saturated rings. The van der Waals surface area contributed by atoms with E-state index in [-0.39, 0.29) is 17.4 Å². The van der Waals surface area contributed by atoms with Crippen LogP contribution in [0.15, 0.2) is 60.7 Å². The number of hydrogen-bond donors (Lipinski definition) is 1. The summed E-state index contributed by atoms with van der Waals surface area (Å²) < 4.78 is 4.71. The van der Waals surface area contributed by atoms with Crippen LogP contribution in [0.25, 0.3) is 10.8 Å². The average Bonchev–Trinajstić information content (AvgIpc) is 3.52. The first-order valence-electron chi connectivity index (χ1n) is 9.99. The Kier molecular flexibility index (Phi) is 5.10. The summed E-state index contributed by atoms with van der Waals surface area (Å²) in [6, 6.07) is 20.4. The van der Waals surface area contributed by atoms with Gasteiger partial charge >= 0.3 is 5.97 Å². The van der Waals surface area contributed by atoms with Crippen LogP contribution in [0.3, 0.4) is 0 Å². The van der Waals surface area contributed by atoms with Crippen LogP contribution in [-0.4, -0.2) is 19.0 Å². The van der Waals surface area contributed by atoms with Crippen molar-refractivity contribution < 1.29 is 14.3 Å². The lowest BCUT2D eigenvalue weighted by Gasteiger charge is -2.21. The summed E-state index contributed by atoms with van der Waals surface area (Å²) >= 11 is 0. The molecule has 0 unspecified atom stereocenters. The van der Waals surface area contributed by atoms with Crippen LogP contribution in [0, 0.1) is 6.92 Å². The molecule has 29 heavy (non-hydrogen) atoms. The molecule has 0 bridgehead atoms. The van der Waals surface area contributed by atoms with Gasteiger partial charge in [0.15, 0.2) is 0 Å². The summed E-state index contributed by atoms with van der Waals surface area (Å²) in [6.07, 6.45) is 2.74. The number of ether oxygens (including phenoxy) is 1. The summed E-state index contributed by atoms with van der Waals surface area (Å²) in [5, 5.41) is 5.68. The first-order chi connectivity index (χ1) is 14.0. The average molecular weight is 387 g/mol. The van der Waals surface area contributed by atoms with E-state index in [4.69, 9.17) is 4.74 Å². The van der Waals surface area contributed by atoms with E-state index >= 15 is 0 Å². The second kappa shape index (κ2) is 7.70. The number of amides is 1.